The summed E-state index contributed by atoms with van der Waals surface area (Å²) in [6.07, 6.45) is 4.96. The first-order valence-electron chi connectivity index (χ1n) is 5.63. The van der Waals surface area contributed by atoms with E-state index >= 15 is 0 Å². The molecule has 0 amide bonds. The van der Waals surface area contributed by atoms with E-state index in [2.05, 4.69) is 6.92 Å². The number of unbranched alkanes of at least 4 members (excludes halogenated alkanes) is 3. The highest BCUT2D eigenvalue weighted by Crippen LogP contribution is 2.17. The number of hydrogen-bond donors (Lipinski definition) is 0. The lowest BCUT2D eigenvalue weighted by Gasteiger charge is -2.06. The van der Waals surface area contributed by atoms with Crippen LogP contribution in [0.25, 0.3) is 0 Å². The molecular weight excluding hydrogens is 188 g/mol. The zero-order chi connectivity index (χ0) is 10.9. The lowest BCUT2D eigenvalue weighted by atomic mass is 10.2. The maximum atomic E-state index is 5.60. The Morgan fingerprint density at radius 3 is 2.20 bits per heavy atom. The van der Waals surface area contributed by atoms with Gasteiger partial charge < -0.3 is 9.47 Å². The highest BCUT2D eigenvalue weighted by atomic mass is 16.5. The predicted molar refractivity (Wildman–Crippen MR) is 62.6 cm³/mol. The summed E-state index contributed by atoms with van der Waals surface area (Å²) in [6.45, 7) is 3.02. The molecule has 0 spiro atoms. The topological polar surface area (TPSA) is 18.5 Å². The van der Waals surface area contributed by atoms with Gasteiger partial charge in [-0.1, -0.05) is 26.2 Å². The summed E-state index contributed by atoms with van der Waals surface area (Å²) < 4.78 is 10.7. The van der Waals surface area contributed by atoms with Gasteiger partial charge in [-0.15, -0.1) is 0 Å². The molecule has 1 aromatic rings. The minimum atomic E-state index is 0.812. The maximum absolute atomic E-state index is 5.60. The van der Waals surface area contributed by atoms with Crippen LogP contribution < -0.4 is 9.47 Å². The second-order valence-electron chi connectivity index (χ2n) is 3.58. The van der Waals surface area contributed by atoms with Crippen molar-refractivity contribution in [2.75, 3.05) is 13.7 Å². The summed E-state index contributed by atoms with van der Waals surface area (Å²) in [4.78, 5) is 0. The van der Waals surface area contributed by atoms with Crippen molar-refractivity contribution in [2.45, 2.75) is 32.6 Å². The fraction of sp³-hybridized carbons (Fsp3) is 0.538. The van der Waals surface area contributed by atoms with Gasteiger partial charge in [-0.05, 0) is 30.7 Å². The van der Waals surface area contributed by atoms with Crippen molar-refractivity contribution >= 4 is 0 Å². The van der Waals surface area contributed by atoms with E-state index in [1.807, 2.05) is 24.3 Å². The molecule has 0 fully saturated rings. The molecule has 2 nitrogen and oxygen atoms in total. The van der Waals surface area contributed by atoms with Crippen LogP contribution in [0, 0.1) is 0 Å². The fourth-order valence-corrected chi connectivity index (χ4v) is 1.39. The molecule has 0 saturated carbocycles. The average molecular weight is 208 g/mol. The Morgan fingerprint density at radius 2 is 1.60 bits per heavy atom. The normalized spacial score (nSPS) is 10.0. The zero-order valence-electron chi connectivity index (χ0n) is 9.66. The number of methoxy groups -OCH3 is 1. The molecular formula is C13H20O2. The van der Waals surface area contributed by atoms with Crippen LogP contribution in [0.4, 0.5) is 0 Å². The van der Waals surface area contributed by atoms with Gasteiger partial charge in [0.15, 0.2) is 0 Å². The molecule has 0 radical (unpaired) electrons. The fourth-order valence-electron chi connectivity index (χ4n) is 1.39. The Kier molecular flexibility index (Phi) is 5.67. The molecule has 0 N–H and O–H groups in total. The first kappa shape index (κ1) is 11.9. The van der Waals surface area contributed by atoms with E-state index in [0.29, 0.717) is 0 Å². The molecule has 0 heterocycles. The van der Waals surface area contributed by atoms with Gasteiger partial charge in [0.1, 0.15) is 11.5 Å². The van der Waals surface area contributed by atoms with Crippen molar-refractivity contribution in [3.8, 4) is 11.5 Å². The van der Waals surface area contributed by atoms with Crippen molar-refractivity contribution in [3.63, 3.8) is 0 Å². The zero-order valence-corrected chi connectivity index (χ0v) is 9.66. The quantitative estimate of drug-likeness (QED) is 0.637. The van der Waals surface area contributed by atoms with Gasteiger partial charge in [0.2, 0.25) is 0 Å². The van der Waals surface area contributed by atoms with Crippen LogP contribution in [0.15, 0.2) is 24.3 Å². The summed E-state index contributed by atoms with van der Waals surface area (Å²) in [5, 5.41) is 0. The van der Waals surface area contributed by atoms with Gasteiger partial charge >= 0.3 is 0 Å². The minimum Gasteiger partial charge on any atom is -0.497 e. The van der Waals surface area contributed by atoms with Crippen LogP contribution >= 0.6 is 0 Å². The van der Waals surface area contributed by atoms with E-state index in [-0.39, 0.29) is 0 Å². The van der Waals surface area contributed by atoms with Crippen LogP contribution in [0.1, 0.15) is 32.6 Å². The Bertz CT molecular complexity index is 254. The number of ether oxygens (including phenoxy) is 2. The molecule has 0 aromatic heterocycles. The van der Waals surface area contributed by atoms with E-state index in [0.717, 1.165) is 24.5 Å². The molecule has 0 aliphatic carbocycles. The summed E-state index contributed by atoms with van der Waals surface area (Å²) >= 11 is 0. The molecule has 84 valence electrons. The molecule has 0 atom stereocenters. The molecule has 2 heteroatoms. The number of hydrogen-bond acceptors (Lipinski definition) is 2. The molecule has 0 saturated heterocycles. The Hall–Kier alpha value is -1.18. The minimum absolute atomic E-state index is 0.812. The van der Waals surface area contributed by atoms with Gasteiger partial charge in [0.25, 0.3) is 0 Å². The molecule has 0 aliphatic heterocycles. The van der Waals surface area contributed by atoms with Crippen LogP contribution in [-0.4, -0.2) is 13.7 Å². The Balaban J connectivity index is 2.20. The van der Waals surface area contributed by atoms with E-state index in [1.165, 1.54) is 19.3 Å². The van der Waals surface area contributed by atoms with Crippen molar-refractivity contribution in [2.24, 2.45) is 0 Å². The third-order valence-electron chi connectivity index (χ3n) is 2.33. The lowest BCUT2D eigenvalue weighted by molar-refractivity contribution is 0.304. The van der Waals surface area contributed by atoms with E-state index in [9.17, 15) is 0 Å². The molecule has 0 unspecified atom stereocenters. The first-order valence-corrected chi connectivity index (χ1v) is 5.63. The summed E-state index contributed by atoms with van der Waals surface area (Å²) in [5.74, 6) is 1.79. The van der Waals surface area contributed by atoms with E-state index in [1.54, 1.807) is 7.11 Å². The van der Waals surface area contributed by atoms with Crippen molar-refractivity contribution < 1.29 is 9.47 Å². The smallest absolute Gasteiger partial charge is 0.119 e. The molecule has 0 aliphatic rings. The van der Waals surface area contributed by atoms with Crippen LogP contribution in [-0.2, 0) is 0 Å². The van der Waals surface area contributed by atoms with Gasteiger partial charge in [-0.25, -0.2) is 0 Å². The molecule has 1 rings (SSSR count). The predicted octanol–water partition coefficient (Wildman–Crippen LogP) is 3.65. The van der Waals surface area contributed by atoms with Gasteiger partial charge in [0.05, 0.1) is 13.7 Å². The Morgan fingerprint density at radius 1 is 0.933 bits per heavy atom. The highest BCUT2D eigenvalue weighted by molar-refractivity contribution is 5.30. The molecule has 0 bridgehead atoms. The third kappa shape index (κ3) is 4.73. The summed E-state index contributed by atoms with van der Waals surface area (Å²) in [6, 6.07) is 7.72. The Labute approximate surface area is 92.2 Å². The summed E-state index contributed by atoms with van der Waals surface area (Å²) in [7, 11) is 1.67. The number of benzene rings is 1. The first-order chi connectivity index (χ1) is 7.36. The van der Waals surface area contributed by atoms with Crippen LogP contribution in [0.3, 0.4) is 0 Å². The third-order valence-corrected chi connectivity index (χ3v) is 2.33. The number of rotatable bonds is 7. The average Bonchev–Trinajstić information content (AvgIpc) is 2.30. The standard InChI is InChI=1S/C13H20O2/c1-3-4-5-6-11-15-13-9-7-12(14-2)8-10-13/h7-10H,3-6,11H2,1-2H3. The van der Waals surface area contributed by atoms with Gasteiger partial charge in [-0.3, -0.25) is 0 Å². The highest BCUT2D eigenvalue weighted by Gasteiger charge is 1.94. The molecule has 15 heavy (non-hydrogen) atoms. The van der Waals surface area contributed by atoms with E-state index in [4.69, 9.17) is 9.47 Å². The lowest BCUT2D eigenvalue weighted by Crippen LogP contribution is -1.96. The second-order valence-corrected chi connectivity index (χ2v) is 3.58. The monoisotopic (exact) mass is 208 g/mol. The van der Waals surface area contributed by atoms with Crippen molar-refractivity contribution in [1.29, 1.82) is 0 Å². The van der Waals surface area contributed by atoms with Crippen LogP contribution in [0.2, 0.25) is 0 Å². The largest absolute Gasteiger partial charge is 0.497 e. The summed E-state index contributed by atoms with van der Waals surface area (Å²) in [5.41, 5.74) is 0. The maximum Gasteiger partial charge on any atom is 0.119 e. The SMILES string of the molecule is CCCCCCOc1ccc(OC)cc1. The van der Waals surface area contributed by atoms with Gasteiger partial charge in [-0.2, -0.15) is 0 Å². The van der Waals surface area contributed by atoms with Gasteiger partial charge in [0, 0.05) is 0 Å². The molecule has 1 aromatic carbocycles. The van der Waals surface area contributed by atoms with Crippen LogP contribution in [0.5, 0.6) is 11.5 Å². The van der Waals surface area contributed by atoms with E-state index < -0.39 is 0 Å². The van der Waals surface area contributed by atoms with Crippen molar-refractivity contribution in [1.82, 2.24) is 0 Å². The van der Waals surface area contributed by atoms with Crippen molar-refractivity contribution in [3.05, 3.63) is 24.3 Å². The second kappa shape index (κ2) is 7.16.